The number of amides is 1. The zero-order chi connectivity index (χ0) is 14.7. The van der Waals surface area contributed by atoms with Crippen molar-refractivity contribution in [3.8, 4) is 5.69 Å². The molecule has 1 amide bonds. The molecule has 1 heterocycles. The number of benzene rings is 1. The Morgan fingerprint density at radius 1 is 1.29 bits per heavy atom. The molecule has 1 saturated carbocycles. The monoisotopic (exact) mass is 289 g/mol. The molecule has 21 heavy (non-hydrogen) atoms. The normalized spacial score (nSPS) is 15.3. The van der Waals surface area contributed by atoms with Gasteiger partial charge in [0.2, 0.25) is 5.91 Å². The molecule has 1 aromatic carbocycles. The standard InChI is InChI=1S/C14H16FN5O/c15-11-5-7-12(8-6-11)20-13(17-18-19-20)9-16-14(21)10-3-1-2-4-10/h5-8,10H,1-4,9H2,(H,16,21). The maximum absolute atomic E-state index is 12.9. The molecule has 1 N–H and O–H groups in total. The van der Waals surface area contributed by atoms with Crippen LogP contribution in [-0.2, 0) is 11.3 Å². The lowest BCUT2D eigenvalue weighted by Crippen LogP contribution is -2.29. The van der Waals surface area contributed by atoms with Crippen LogP contribution in [0.2, 0.25) is 0 Å². The molecule has 1 aliphatic carbocycles. The number of carbonyl (C=O) groups excluding carboxylic acids is 1. The van der Waals surface area contributed by atoms with E-state index in [1.807, 2.05) is 0 Å². The number of nitrogens with zero attached hydrogens (tertiary/aromatic N) is 4. The second kappa shape index (κ2) is 5.99. The number of aromatic nitrogens is 4. The summed E-state index contributed by atoms with van der Waals surface area (Å²) in [5.74, 6) is 0.372. The zero-order valence-electron chi connectivity index (χ0n) is 11.5. The van der Waals surface area contributed by atoms with Gasteiger partial charge in [0.1, 0.15) is 5.82 Å². The van der Waals surface area contributed by atoms with Crippen LogP contribution in [0.15, 0.2) is 24.3 Å². The van der Waals surface area contributed by atoms with Crippen LogP contribution in [0.4, 0.5) is 4.39 Å². The second-order valence-corrected chi connectivity index (χ2v) is 5.18. The average molecular weight is 289 g/mol. The molecule has 7 heteroatoms. The van der Waals surface area contributed by atoms with E-state index >= 15 is 0 Å². The number of carbonyl (C=O) groups is 1. The molecule has 0 unspecified atom stereocenters. The maximum atomic E-state index is 12.9. The van der Waals surface area contributed by atoms with Gasteiger partial charge in [-0.05, 0) is 47.5 Å². The molecular weight excluding hydrogens is 273 g/mol. The molecular formula is C14H16FN5O. The molecule has 0 bridgehead atoms. The van der Waals surface area contributed by atoms with Crippen molar-refractivity contribution in [2.24, 2.45) is 5.92 Å². The zero-order valence-corrected chi connectivity index (χ0v) is 11.5. The van der Waals surface area contributed by atoms with Crippen LogP contribution < -0.4 is 5.32 Å². The minimum atomic E-state index is -0.317. The average Bonchev–Trinajstić information content (AvgIpc) is 3.17. The Balaban J connectivity index is 1.68. The first-order chi connectivity index (χ1) is 10.2. The molecule has 0 aliphatic heterocycles. The van der Waals surface area contributed by atoms with Crippen LogP contribution in [-0.4, -0.2) is 26.1 Å². The van der Waals surface area contributed by atoms with E-state index in [0.29, 0.717) is 11.5 Å². The SMILES string of the molecule is O=C(NCc1nnnn1-c1ccc(F)cc1)C1CCCC1. The third-order valence-corrected chi connectivity index (χ3v) is 3.75. The highest BCUT2D eigenvalue weighted by Gasteiger charge is 2.22. The summed E-state index contributed by atoms with van der Waals surface area (Å²) in [5.41, 5.74) is 0.659. The predicted octanol–water partition coefficient (Wildman–Crippen LogP) is 1.61. The summed E-state index contributed by atoms with van der Waals surface area (Å²) in [7, 11) is 0. The quantitative estimate of drug-likeness (QED) is 0.928. The Morgan fingerprint density at radius 2 is 2.00 bits per heavy atom. The van der Waals surface area contributed by atoms with E-state index in [1.165, 1.54) is 16.8 Å². The summed E-state index contributed by atoms with van der Waals surface area (Å²) < 4.78 is 14.4. The third-order valence-electron chi connectivity index (χ3n) is 3.75. The van der Waals surface area contributed by atoms with E-state index in [0.717, 1.165) is 25.7 Å². The molecule has 0 saturated heterocycles. The first kappa shape index (κ1) is 13.7. The van der Waals surface area contributed by atoms with Crippen molar-refractivity contribution >= 4 is 5.91 Å². The van der Waals surface area contributed by atoms with Crippen LogP contribution in [0.25, 0.3) is 5.69 Å². The van der Waals surface area contributed by atoms with Crippen LogP contribution in [0.5, 0.6) is 0 Å². The number of hydrogen-bond donors (Lipinski definition) is 1. The van der Waals surface area contributed by atoms with E-state index in [-0.39, 0.29) is 24.2 Å². The summed E-state index contributed by atoms with van der Waals surface area (Å²) in [5, 5.41) is 14.3. The molecule has 0 spiro atoms. The Morgan fingerprint density at radius 3 is 2.71 bits per heavy atom. The number of nitrogens with one attached hydrogen (secondary N) is 1. The van der Waals surface area contributed by atoms with Crippen LogP contribution in [0.3, 0.4) is 0 Å². The highest BCUT2D eigenvalue weighted by Crippen LogP contribution is 2.24. The molecule has 110 valence electrons. The van der Waals surface area contributed by atoms with Gasteiger partial charge in [0.05, 0.1) is 12.2 Å². The number of halogens is 1. The van der Waals surface area contributed by atoms with Gasteiger partial charge in [-0.15, -0.1) is 5.10 Å². The Kier molecular flexibility index (Phi) is 3.89. The Bertz CT molecular complexity index is 619. The summed E-state index contributed by atoms with van der Waals surface area (Å²) in [6, 6.07) is 5.87. The lowest BCUT2D eigenvalue weighted by Gasteiger charge is -2.10. The fourth-order valence-electron chi connectivity index (χ4n) is 2.60. The van der Waals surface area contributed by atoms with Crippen molar-refractivity contribution < 1.29 is 9.18 Å². The predicted molar refractivity (Wildman–Crippen MR) is 72.9 cm³/mol. The van der Waals surface area contributed by atoms with Crippen LogP contribution in [0, 0.1) is 11.7 Å². The van der Waals surface area contributed by atoms with Crippen LogP contribution in [0.1, 0.15) is 31.5 Å². The minimum Gasteiger partial charge on any atom is -0.348 e. The number of hydrogen-bond acceptors (Lipinski definition) is 4. The van der Waals surface area contributed by atoms with Crippen LogP contribution >= 0.6 is 0 Å². The first-order valence-corrected chi connectivity index (χ1v) is 7.05. The summed E-state index contributed by atoms with van der Waals surface area (Å²) >= 11 is 0. The van der Waals surface area contributed by atoms with Gasteiger partial charge in [-0.3, -0.25) is 4.79 Å². The highest BCUT2D eigenvalue weighted by molar-refractivity contribution is 5.78. The smallest absolute Gasteiger partial charge is 0.223 e. The fraction of sp³-hybridized carbons (Fsp3) is 0.429. The summed E-state index contributed by atoms with van der Waals surface area (Å²) in [6.07, 6.45) is 4.14. The van der Waals surface area contributed by atoms with E-state index in [2.05, 4.69) is 20.8 Å². The van der Waals surface area contributed by atoms with Crippen molar-refractivity contribution in [1.82, 2.24) is 25.5 Å². The van der Waals surface area contributed by atoms with E-state index in [1.54, 1.807) is 12.1 Å². The highest BCUT2D eigenvalue weighted by atomic mass is 19.1. The van der Waals surface area contributed by atoms with Crippen molar-refractivity contribution in [2.45, 2.75) is 32.2 Å². The van der Waals surface area contributed by atoms with Gasteiger partial charge >= 0.3 is 0 Å². The third kappa shape index (κ3) is 3.07. The largest absolute Gasteiger partial charge is 0.348 e. The van der Waals surface area contributed by atoms with Crippen molar-refractivity contribution in [3.63, 3.8) is 0 Å². The molecule has 6 nitrogen and oxygen atoms in total. The molecule has 2 aromatic rings. The van der Waals surface area contributed by atoms with Crippen molar-refractivity contribution in [2.75, 3.05) is 0 Å². The number of rotatable bonds is 4. The Hall–Kier alpha value is -2.31. The summed E-state index contributed by atoms with van der Waals surface area (Å²) in [6.45, 7) is 0.264. The first-order valence-electron chi connectivity index (χ1n) is 7.05. The second-order valence-electron chi connectivity index (χ2n) is 5.18. The fourth-order valence-corrected chi connectivity index (χ4v) is 2.60. The van der Waals surface area contributed by atoms with Gasteiger partial charge in [0.15, 0.2) is 5.82 Å². The number of tetrazole rings is 1. The van der Waals surface area contributed by atoms with Gasteiger partial charge < -0.3 is 5.32 Å². The molecule has 1 aliphatic rings. The maximum Gasteiger partial charge on any atom is 0.223 e. The van der Waals surface area contributed by atoms with E-state index in [9.17, 15) is 9.18 Å². The lowest BCUT2D eigenvalue weighted by atomic mass is 10.1. The van der Waals surface area contributed by atoms with Gasteiger partial charge in [-0.25, -0.2) is 4.39 Å². The van der Waals surface area contributed by atoms with Gasteiger partial charge in [-0.2, -0.15) is 4.68 Å². The lowest BCUT2D eigenvalue weighted by molar-refractivity contribution is -0.125. The molecule has 0 radical (unpaired) electrons. The van der Waals surface area contributed by atoms with Gasteiger partial charge in [-0.1, -0.05) is 12.8 Å². The van der Waals surface area contributed by atoms with Gasteiger partial charge in [0, 0.05) is 5.92 Å². The summed E-state index contributed by atoms with van der Waals surface area (Å²) in [4.78, 5) is 12.0. The van der Waals surface area contributed by atoms with Crippen molar-refractivity contribution in [1.29, 1.82) is 0 Å². The molecule has 1 aromatic heterocycles. The molecule has 0 atom stereocenters. The van der Waals surface area contributed by atoms with Gasteiger partial charge in [0.25, 0.3) is 0 Å². The van der Waals surface area contributed by atoms with E-state index in [4.69, 9.17) is 0 Å². The topological polar surface area (TPSA) is 72.7 Å². The molecule has 1 fully saturated rings. The Labute approximate surface area is 121 Å². The van der Waals surface area contributed by atoms with Crippen molar-refractivity contribution in [3.05, 3.63) is 35.9 Å². The van der Waals surface area contributed by atoms with E-state index < -0.39 is 0 Å². The molecule has 3 rings (SSSR count). The minimum absolute atomic E-state index is 0.0566.